The molecule has 0 radical (unpaired) electrons. The highest BCUT2D eigenvalue weighted by molar-refractivity contribution is 4.99. The maximum Gasteiger partial charge on any atom is 0.232 e. The summed E-state index contributed by atoms with van der Waals surface area (Å²) >= 11 is 0. The van der Waals surface area contributed by atoms with Gasteiger partial charge in [0.15, 0.2) is 5.82 Å². The number of fused-ring (bicyclic) bond motifs is 1. The number of hydrogen-bond donors (Lipinski definition) is 0. The van der Waals surface area contributed by atoms with Gasteiger partial charge in [0.05, 0.1) is 19.3 Å². The summed E-state index contributed by atoms with van der Waals surface area (Å²) in [7, 11) is 0. The fourth-order valence-corrected chi connectivity index (χ4v) is 3.18. The number of ether oxygens (including phenoxy) is 1. The van der Waals surface area contributed by atoms with E-state index in [0.29, 0.717) is 12.1 Å². The maximum absolute atomic E-state index is 5.90. The van der Waals surface area contributed by atoms with Crippen molar-refractivity contribution in [2.45, 2.75) is 70.6 Å². The first-order chi connectivity index (χ1) is 9.54. The summed E-state index contributed by atoms with van der Waals surface area (Å²) in [5.41, 5.74) is -0.0797. The SMILES string of the molecule is CC(C)(C)c1nc(CN2CCO[C@H]3CCCC[C@@H]32)no1. The summed E-state index contributed by atoms with van der Waals surface area (Å²) in [5.74, 6) is 1.53. The fraction of sp³-hybridized carbons (Fsp3) is 0.867. The first-order valence-corrected chi connectivity index (χ1v) is 7.73. The van der Waals surface area contributed by atoms with Crippen molar-refractivity contribution in [3.05, 3.63) is 11.7 Å². The summed E-state index contributed by atoms with van der Waals surface area (Å²) in [6.45, 7) is 8.86. The van der Waals surface area contributed by atoms with E-state index in [1.807, 2.05) is 0 Å². The number of aromatic nitrogens is 2. The van der Waals surface area contributed by atoms with Crippen LogP contribution in [0.15, 0.2) is 4.52 Å². The quantitative estimate of drug-likeness (QED) is 0.832. The molecule has 1 aromatic rings. The van der Waals surface area contributed by atoms with Crippen LogP contribution in [-0.2, 0) is 16.7 Å². The van der Waals surface area contributed by atoms with Gasteiger partial charge in [0.25, 0.3) is 0 Å². The zero-order valence-electron chi connectivity index (χ0n) is 12.8. The maximum atomic E-state index is 5.90. The second kappa shape index (κ2) is 5.45. The van der Waals surface area contributed by atoms with Gasteiger partial charge in [0.1, 0.15) is 0 Å². The monoisotopic (exact) mass is 279 g/mol. The van der Waals surface area contributed by atoms with Crippen LogP contribution in [0.3, 0.4) is 0 Å². The Kier molecular flexibility index (Phi) is 3.82. The van der Waals surface area contributed by atoms with Crippen molar-refractivity contribution in [3.63, 3.8) is 0 Å². The highest BCUT2D eigenvalue weighted by Crippen LogP contribution is 2.29. The standard InChI is InChI=1S/C15H25N3O2/c1-15(2,3)14-16-13(17-20-14)10-18-8-9-19-12-7-5-4-6-11(12)18/h11-12H,4-10H2,1-3H3/t11-,12-/m0/s1. The third-order valence-electron chi connectivity index (χ3n) is 4.30. The van der Waals surface area contributed by atoms with Gasteiger partial charge >= 0.3 is 0 Å². The van der Waals surface area contributed by atoms with Crippen molar-refractivity contribution in [1.82, 2.24) is 15.0 Å². The lowest BCUT2D eigenvalue weighted by molar-refractivity contribution is -0.0919. The van der Waals surface area contributed by atoms with E-state index >= 15 is 0 Å². The highest BCUT2D eigenvalue weighted by Gasteiger charge is 2.35. The third kappa shape index (κ3) is 2.88. The molecule has 0 bridgehead atoms. The summed E-state index contributed by atoms with van der Waals surface area (Å²) in [4.78, 5) is 7.03. The molecule has 1 aliphatic carbocycles. The molecular formula is C15H25N3O2. The van der Waals surface area contributed by atoms with E-state index in [0.717, 1.165) is 31.4 Å². The summed E-state index contributed by atoms with van der Waals surface area (Å²) in [5, 5.41) is 4.15. The van der Waals surface area contributed by atoms with Crippen LogP contribution in [0.1, 0.15) is 58.2 Å². The van der Waals surface area contributed by atoms with E-state index in [9.17, 15) is 0 Å². The van der Waals surface area contributed by atoms with E-state index in [4.69, 9.17) is 9.26 Å². The lowest BCUT2D eigenvalue weighted by atomic mass is 9.90. The predicted octanol–water partition coefficient (Wildman–Crippen LogP) is 2.51. The predicted molar refractivity (Wildman–Crippen MR) is 75.4 cm³/mol. The number of rotatable bonds is 2. The molecule has 112 valence electrons. The molecule has 2 heterocycles. The Morgan fingerprint density at radius 1 is 1.25 bits per heavy atom. The lowest BCUT2D eigenvalue weighted by Gasteiger charge is -2.43. The average Bonchev–Trinajstić information content (AvgIpc) is 2.88. The number of hydrogen-bond acceptors (Lipinski definition) is 5. The third-order valence-corrected chi connectivity index (χ3v) is 4.30. The van der Waals surface area contributed by atoms with E-state index < -0.39 is 0 Å². The molecule has 2 aliphatic rings. The zero-order valence-corrected chi connectivity index (χ0v) is 12.8. The van der Waals surface area contributed by atoms with Crippen molar-refractivity contribution < 1.29 is 9.26 Å². The molecule has 1 saturated carbocycles. The molecule has 5 heteroatoms. The second-order valence-corrected chi connectivity index (χ2v) is 7.00. The van der Waals surface area contributed by atoms with Gasteiger partial charge in [-0.05, 0) is 12.8 Å². The molecule has 20 heavy (non-hydrogen) atoms. The van der Waals surface area contributed by atoms with Crippen molar-refractivity contribution >= 4 is 0 Å². The van der Waals surface area contributed by atoms with Crippen LogP contribution in [0.5, 0.6) is 0 Å². The van der Waals surface area contributed by atoms with Crippen molar-refractivity contribution in [1.29, 1.82) is 0 Å². The number of morpholine rings is 1. The van der Waals surface area contributed by atoms with Gasteiger partial charge in [-0.15, -0.1) is 0 Å². The van der Waals surface area contributed by atoms with Gasteiger partial charge in [0.2, 0.25) is 5.89 Å². The zero-order chi connectivity index (χ0) is 14.2. The molecule has 1 saturated heterocycles. The van der Waals surface area contributed by atoms with Gasteiger partial charge in [-0.1, -0.05) is 38.8 Å². The Labute approximate surface area is 120 Å². The normalized spacial score (nSPS) is 28.4. The van der Waals surface area contributed by atoms with Crippen molar-refractivity contribution in [3.8, 4) is 0 Å². The largest absolute Gasteiger partial charge is 0.375 e. The van der Waals surface area contributed by atoms with Gasteiger partial charge in [-0.3, -0.25) is 4.90 Å². The van der Waals surface area contributed by atoms with Crippen LogP contribution in [-0.4, -0.2) is 40.3 Å². The first kappa shape index (κ1) is 14.0. The van der Waals surface area contributed by atoms with Gasteiger partial charge in [0, 0.05) is 18.0 Å². The Balaban J connectivity index is 1.68. The van der Waals surface area contributed by atoms with Crippen molar-refractivity contribution in [2.75, 3.05) is 13.2 Å². The van der Waals surface area contributed by atoms with Gasteiger partial charge in [-0.2, -0.15) is 4.98 Å². The van der Waals surface area contributed by atoms with Crippen LogP contribution in [0, 0.1) is 0 Å². The molecule has 1 aromatic heterocycles. The molecule has 3 rings (SSSR count). The van der Waals surface area contributed by atoms with Gasteiger partial charge in [-0.25, -0.2) is 0 Å². The molecule has 2 fully saturated rings. The Morgan fingerprint density at radius 2 is 2.05 bits per heavy atom. The fourth-order valence-electron chi connectivity index (χ4n) is 3.18. The topological polar surface area (TPSA) is 51.4 Å². The molecule has 0 N–H and O–H groups in total. The van der Waals surface area contributed by atoms with Crippen LogP contribution in [0.2, 0.25) is 0 Å². The van der Waals surface area contributed by atoms with Crippen LogP contribution < -0.4 is 0 Å². The molecule has 0 spiro atoms. The minimum Gasteiger partial charge on any atom is -0.375 e. The van der Waals surface area contributed by atoms with Crippen LogP contribution in [0.4, 0.5) is 0 Å². The molecule has 0 amide bonds. The first-order valence-electron chi connectivity index (χ1n) is 7.73. The van der Waals surface area contributed by atoms with E-state index in [1.165, 1.54) is 25.7 Å². The minimum absolute atomic E-state index is 0.0797. The average molecular weight is 279 g/mol. The summed E-state index contributed by atoms with van der Waals surface area (Å²) in [6.07, 6.45) is 5.44. The Hall–Kier alpha value is -0.940. The van der Waals surface area contributed by atoms with Crippen molar-refractivity contribution in [2.24, 2.45) is 0 Å². The summed E-state index contributed by atoms with van der Waals surface area (Å²) < 4.78 is 11.3. The van der Waals surface area contributed by atoms with Gasteiger partial charge < -0.3 is 9.26 Å². The Bertz CT molecular complexity index is 450. The minimum atomic E-state index is -0.0797. The lowest BCUT2D eigenvalue weighted by Crippen LogP contribution is -2.52. The summed E-state index contributed by atoms with van der Waals surface area (Å²) in [6, 6.07) is 0.536. The Morgan fingerprint density at radius 3 is 2.80 bits per heavy atom. The van der Waals surface area contributed by atoms with Crippen LogP contribution >= 0.6 is 0 Å². The molecule has 0 unspecified atom stereocenters. The molecule has 5 nitrogen and oxygen atoms in total. The molecular weight excluding hydrogens is 254 g/mol. The molecule has 1 aliphatic heterocycles. The van der Waals surface area contributed by atoms with E-state index in [1.54, 1.807) is 0 Å². The van der Waals surface area contributed by atoms with E-state index in [-0.39, 0.29) is 5.41 Å². The molecule has 0 aromatic carbocycles. The smallest absolute Gasteiger partial charge is 0.232 e. The van der Waals surface area contributed by atoms with Crippen LogP contribution in [0.25, 0.3) is 0 Å². The van der Waals surface area contributed by atoms with E-state index in [2.05, 4.69) is 35.8 Å². The second-order valence-electron chi connectivity index (χ2n) is 7.00. The highest BCUT2D eigenvalue weighted by atomic mass is 16.5. The number of nitrogens with zero attached hydrogens (tertiary/aromatic N) is 3. The molecule has 2 atom stereocenters.